The van der Waals surface area contributed by atoms with Crippen LogP contribution in [0, 0.1) is 0 Å². The standard InChI is InChI=1S/C33H44N4O4/c1-5-24-28(37(6-2)23-10-14-40-15-11-23)18-29-31(32(24)33(34)39)26(30(41-29)19-36-12-8-7-9-13-36)17-25-21(3)16-22(4)35-27(25)20-38/h16,18,23,35H,5-15,17,19H2,1-4H3,(H2,34,39). The molecule has 0 saturated carbocycles. The third-order valence-electron chi connectivity index (χ3n) is 8.93. The number of nitrogens with zero attached hydrogens (tertiary/aromatic N) is 2. The summed E-state index contributed by atoms with van der Waals surface area (Å²) in [7, 11) is 0. The molecule has 0 bridgehead atoms. The third kappa shape index (κ3) is 5.87. The summed E-state index contributed by atoms with van der Waals surface area (Å²) in [6.07, 6.45) is 8.62. The maximum atomic E-state index is 13.3. The van der Waals surface area contributed by atoms with Gasteiger partial charge in [0.1, 0.15) is 17.0 Å². The van der Waals surface area contributed by atoms with Gasteiger partial charge in [-0.1, -0.05) is 13.3 Å². The van der Waals surface area contributed by atoms with Crippen molar-refractivity contribution in [2.75, 3.05) is 37.7 Å². The molecule has 3 aliphatic heterocycles. The molecule has 2 saturated heterocycles. The Kier molecular flexibility index (Phi) is 9.03. The summed E-state index contributed by atoms with van der Waals surface area (Å²) in [5, 5.41) is 3.96. The van der Waals surface area contributed by atoms with E-state index in [1.807, 2.05) is 19.9 Å². The van der Waals surface area contributed by atoms with Gasteiger partial charge in [0.25, 0.3) is 0 Å². The van der Waals surface area contributed by atoms with Crippen LogP contribution < -0.4 is 16.0 Å². The minimum absolute atomic E-state index is 0.330. The molecule has 2 aromatic rings. The van der Waals surface area contributed by atoms with Gasteiger partial charge in [0.05, 0.1) is 12.1 Å². The number of anilines is 1. The minimum atomic E-state index is -0.447. The van der Waals surface area contributed by atoms with E-state index in [9.17, 15) is 9.59 Å². The second-order valence-corrected chi connectivity index (χ2v) is 11.6. The molecule has 1 amide bonds. The number of benzene rings is 1. The molecule has 4 heterocycles. The monoisotopic (exact) mass is 560 g/mol. The summed E-state index contributed by atoms with van der Waals surface area (Å²) >= 11 is 0. The summed E-state index contributed by atoms with van der Waals surface area (Å²) in [6.45, 7) is 13.2. The van der Waals surface area contributed by atoms with Crippen molar-refractivity contribution in [3.05, 3.63) is 57.1 Å². The number of allylic oxidation sites excluding steroid dienone is 4. The van der Waals surface area contributed by atoms with Gasteiger partial charge in [-0.2, -0.15) is 0 Å². The molecule has 1 aromatic carbocycles. The number of fused-ring (bicyclic) bond motifs is 1. The molecular weight excluding hydrogens is 516 g/mol. The van der Waals surface area contributed by atoms with Gasteiger partial charge >= 0.3 is 0 Å². The van der Waals surface area contributed by atoms with Gasteiger partial charge in [-0.25, -0.2) is 4.79 Å². The summed E-state index contributed by atoms with van der Waals surface area (Å²) in [5.41, 5.74) is 13.6. The number of nitrogens with two attached hydrogens (primary N) is 1. The number of piperidine rings is 1. The minimum Gasteiger partial charge on any atom is -0.459 e. The first-order valence-corrected chi connectivity index (χ1v) is 15.2. The highest BCUT2D eigenvalue weighted by Crippen LogP contribution is 2.41. The van der Waals surface area contributed by atoms with Crippen molar-refractivity contribution in [1.29, 1.82) is 0 Å². The van der Waals surface area contributed by atoms with E-state index in [1.54, 1.807) is 0 Å². The Balaban J connectivity index is 1.73. The van der Waals surface area contributed by atoms with E-state index in [2.05, 4.69) is 41.0 Å². The highest BCUT2D eigenvalue weighted by Gasteiger charge is 2.31. The Labute approximate surface area is 243 Å². The van der Waals surface area contributed by atoms with Crippen LogP contribution in [0.3, 0.4) is 0 Å². The quantitative estimate of drug-likeness (QED) is 0.408. The predicted molar refractivity (Wildman–Crippen MR) is 163 cm³/mol. The van der Waals surface area contributed by atoms with Crippen molar-refractivity contribution >= 4 is 28.5 Å². The van der Waals surface area contributed by atoms with Gasteiger partial charge in [0, 0.05) is 60.6 Å². The molecule has 0 spiro atoms. The largest absolute Gasteiger partial charge is 0.459 e. The van der Waals surface area contributed by atoms with Crippen LogP contribution in [0.5, 0.6) is 0 Å². The smallest absolute Gasteiger partial charge is 0.249 e. The van der Waals surface area contributed by atoms with Crippen LogP contribution in [0.15, 0.2) is 39.1 Å². The Morgan fingerprint density at radius 3 is 2.51 bits per heavy atom. The number of dihydropyridines is 1. The van der Waals surface area contributed by atoms with Gasteiger partial charge < -0.3 is 25.1 Å². The summed E-state index contributed by atoms with van der Waals surface area (Å²) in [5.74, 6) is 2.51. The van der Waals surface area contributed by atoms with E-state index in [1.165, 1.54) is 19.3 Å². The van der Waals surface area contributed by atoms with Crippen molar-refractivity contribution in [2.45, 2.75) is 85.2 Å². The first-order chi connectivity index (χ1) is 19.9. The topological polar surface area (TPSA) is 101 Å². The number of rotatable bonds is 9. The van der Waals surface area contributed by atoms with E-state index in [0.29, 0.717) is 42.3 Å². The van der Waals surface area contributed by atoms with Gasteiger partial charge in [-0.05, 0) is 88.8 Å². The summed E-state index contributed by atoms with van der Waals surface area (Å²) in [6, 6.07) is 2.46. The number of furan rings is 1. The number of hydrogen-bond acceptors (Lipinski definition) is 7. The molecule has 5 rings (SSSR count). The average molecular weight is 561 g/mol. The second-order valence-electron chi connectivity index (χ2n) is 11.6. The number of ether oxygens (including phenoxy) is 1. The Hall–Kier alpha value is -3.32. The molecule has 2 fully saturated rings. The predicted octanol–water partition coefficient (Wildman–Crippen LogP) is 5.17. The Bertz CT molecular complexity index is 1420. The van der Waals surface area contributed by atoms with Crippen molar-refractivity contribution in [3.8, 4) is 0 Å². The highest BCUT2D eigenvalue weighted by atomic mass is 16.5. The molecule has 41 heavy (non-hydrogen) atoms. The van der Waals surface area contributed by atoms with Crippen molar-refractivity contribution in [3.63, 3.8) is 0 Å². The second kappa shape index (κ2) is 12.7. The zero-order valence-electron chi connectivity index (χ0n) is 25.0. The number of nitrogens with one attached hydrogen (secondary N) is 1. The van der Waals surface area contributed by atoms with Crippen molar-refractivity contribution < 1.29 is 18.7 Å². The fourth-order valence-electron chi connectivity index (χ4n) is 6.95. The molecular formula is C33H44N4O4. The molecule has 3 N–H and O–H groups in total. The lowest BCUT2D eigenvalue weighted by atomic mass is 9.89. The first-order valence-electron chi connectivity index (χ1n) is 15.2. The highest BCUT2D eigenvalue weighted by molar-refractivity contribution is 6.10. The fourth-order valence-corrected chi connectivity index (χ4v) is 6.95. The van der Waals surface area contributed by atoms with Crippen LogP contribution in [-0.2, 0) is 28.9 Å². The number of primary amides is 1. The molecule has 3 aliphatic rings. The lowest BCUT2D eigenvalue weighted by Crippen LogP contribution is -2.40. The van der Waals surface area contributed by atoms with Crippen LogP contribution in [-0.4, -0.2) is 55.6 Å². The van der Waals surface area contributed by atoms with Crippen LogP contribution in [0.2, 0.25) is 0 Å². The van der Waals surface area contributed by atoms with E-state index in [0.717, 1.165) is 90.5 Å². The molecule has 8 heteroatoms. The molecule has 0 unspecified atom stereocenters. The van der Waals surface area contributed by atoms with E-state index in [-0.39, 0.29) is 0 Å². The first kappa shape index (κ1) is 29.2. The Morgan fingerprint density at radius 2 is 1.88 bits per heavy atom. The van der Waals surface area contributed by atoms with Gasteiger partial charge in [-0.15, -0.1) is 0 Å². The number of hydrogen-bond donors (Lipinski definition) is 2. The molecule has 0 radical (unpaired) electrons. The van der Waals surface area contributed by atoms with Crippen LogP contribution >= 0.6 is 0 Å². The lowest BCUT2D eigenvalue weighted by molar-refractivity contribution is 0.0846. The molecule has 0 atom stereocenters. The lowest BCUT2D eigenvalue weighted by Gasteiger charge is -2.37. The molecule has 0 aliphatic carbocycles. The number of amides is 1. The number of carbonyl (C=O) groups is 1. The third-order valence-corrected chi connectivity index (χ3v) is 8.93. The van der Waals surface area contributed by atoms with E-state index < -0.39 is 5.91 Å². The van der Waals surface area contributed by atoms with Gasteiger partial charge in [0.2, 0.25) is 5.91 Å². The normalized spacial score (nSPS) is 18.8. The molecule has 220 valence electrons. The average Bonchev–Trinajstić information content (AvgIpc) is 3.30. The Morgan fingerprint density at radius 1 is 1.15 bits per heavy atom. The number of carbonyl (C=O) groups excluding carboxylic acids is 2. The van der Waals surface area contributed by atoms with Gasteiger partial charge in [0.15, 0.2) is 5.94 Å². The van der Waals surface area contributed by atoms with Crippen LogP contribution in [0.1, 0.15) is 87.0 Å². The SMILES string of the molecule is CCc1c(N(CC)C2CCOCC2)cc2oc(CN3CCCCC3)c(CC3=C(C)C=C(C)NC3=C=O)c2c1C(N)=O. The fraction of sp³-hybridized carbons (Fsp3) is 0.545. The van der Waals surface area contributed by atoms with Crippen molar-refractivity contribution in [2.24, 2.45) is 5.73 Å². The molecule has 8 nitrogen and oxygen atoms in total. The van der Waals surface area contributed by atoms with E-state index >= 15 is 0 Å². The maximum absolute atomic E-state index is 13.3. The zero-order chi connectivity index (χ0) is 29.1. The zero-order valence-corrected chi connectivity index (χ0v) is 25.0. The number of likely N-dealkylation sites (tertiary alicyclic amines) is 1. The van der Waals surface area contributed by atoms with Crippen LogP contribution in [0.4, 0.5) is 5.69 Å². The maximum Gasteiger partial charge on any atom is 0.249 e. The van der Waals surface area contributed by atoms with Gasteiger partial charge in [-0.3, -0.25) is 9.69 Å². The molecule has 1 aromatic heterocycles. The van der Waals surface area contributed by atoms with E-state index in [4.69, 9.17) is 14.9 Å². The summed E-state index contributed by atoms with van der Waals surface area (Å²) < 4.78 is 12.4. The van der Waals surface area contributed by atoms with Crippen molar-refractivity contribution in [1.82, 2.24) is 10.2 Å². The summed E-state index contributed by atoms with van der Waals surface area (Å²) in [4.78, 5) is 30.2. The van der Waals surface area contributed by atoms with Crippen LogP contribution in [0.25, 0.3) is 11.0 Å².